The van der Waals surface area contributed by atoms with Crippen LogP contribution in [0.3, 0.4) is 0 Å². The quantitative estimate of drug-likeness (QED) is 0.812. The summed E-state index contributed by atoms with van der Waals surface area (Å²) in [6, 6.07) is 8.15. The topological polar surface area (TPSA) is 96.8 Å². The number of amides is 4. The lowest BCUT2D eigenvalue weighted by molar-refractivity contribution is -0.140. The van der Waals surface area contributed by atoms with Crippen molar-refractivity contribution in [2.45, 2.75) is 18.9 Å². The number of carbonyl (C=O) groups excluding carboxylic acids is 3. The highest BCUT2D eigenvalue weighted by Gasteiger charge is 2.39. The highest BCUT2D eigenvalue weighted by atomic mass is 32.2. The summed E-state index contributed by atoms with van der Waals surface area (Å²) < 4.78 is 0. The minimum absolute atomic E-state index is 0.00747. The lowest BCUT2D eigenvalue weighted by Gasteiger charge is -2.35. The van der Waals surface area contributed by atoms with E-state index >= 15 is 0 Å². The van der Waals surface area contributed by atoms with Gasteiger partial charge in [0.05, 0.1) is 17.5 Å². The van der Waals surface area contributed by atoms with Crippen LogP contribution in [0.2, 0.25) is 0 Å². The number of carbonyl (C=O) groups is 3. The first-order valence-electron chi connectivity index (χ1n) is 9.56. The summed E-state index contributed by atoms with van der Waals surface area (Å²) in [5.74, 6) is 0.678. The summed E-state index contributed by atoms with van der Waals surface area (Å²) in [7, 11) is 3.44. The molecule has 0 spiro atoms. The Kier molecular flexibility index (Phi) is 6.64. The molecule has 2 fully saturated rings. The molecule has 1 atom stereocenters. The van der Waals surface area contributed by atoms with E-state index in [1.54, 1.807) is 64.8 Å². The fourth-order valence-electron chi connectivity index (χ4n) is 3.57. The van der Waals surface area contributed by atoms with Crippen LogP contribution in [0.1, 0.15) is 18.4 Å². The number of rotatable bonds is 3. The zero-order chi connectivity index (χ0) is 21.0. The van der Waals surface area contributed by atoms with Gasteiger partial charge in [-0.15, -0.1) is 11.8 Å². The van der Waals surface area contributed by atoms with Crippen LogP contribution in [0.15, 0.2) is 24.3 Å². The third-order valence-corrected chi connectivity index (χ3v) is 6.26. The van der Waals surface area contributed by atoms with Gasteiger partial charge in [-0.3, -0.25) is 9.59 Å². The van der Waals surface area contributed by atoms with Gasteiger partial charge in [-0.2, -0.15) is 5.26 Å². The number of nitriles is 1. The molecule has 8 nitrogen and oxygen atoms in total. The summed E-state index contributed by atoms with van der Waals surface area (Å²) in [6.07, 6.45) is 1.23. The number of hydrogen-bond donors (Lipinski definition) is 1. The molecule has 1 aromatic rings. The van der Waals surface area contributed by atoms with Gasteiger partial charge in [0, 0.05) is 44.5 Å². The molecule has 154 valence electrons. The molecule has 2 aliphatic rings. The number of nitrogens with one attached hydrogen (secondary N) is 1. The van der Waals surface area contributed by atoms with Crippen molar-refractivity contribution in [1.82, 2.24) is 14.7 Å². The minimum atomic E-state index is -0.510. The van der Waals surface area contributed by atoms with E-state index in [1.165, 1.54) is 0 Å². The molecule has 1 aromatic carbocycles. The average Bonchev–Trinajstić information content (AvgIpc) is 3.23. The second-order valence-electron chi connectivity index (χ2n) is 7.44. The molecule has 0 radical (unpaired) electrons. The van der Waals surface area contributed by atoms with E-state index in [0.717, 1.165) is 0 Å². The van der Waals surface area contributed by atoms with Crippen LogP contribution in [-0.4, -0.2) is 77.4 Å². The van der Waals surface area contributed by atoms with Crippen LogP contribution in [-0.2, 0) is 9.59 Å². The van der Waals surface area contributed by atoms with E-state index in [9.17, 15) is 14.4 Å². The van der Waals surface area contributed by atoms with Gasteiger partial charge in [-0.1, -0.05) is 0 Å². The predicted molar refractivity (Wildman–Crippen MR) is 111 cm³/mol. The third kappa shape index (κ3) is 4.82. The van der Waals surface area contributed by atoms with Crippen LogP contribution >= 0.6 is 11.8 Å². The number of nitrogens with zero attached hydrogens (tertiary/aromatic N) is 4. The lowest BCUT2D eigenvalue weighted by Crippen LogP contribution is -2.50. The Hall–Kier alpha value is -2.73. The molecule has 0 aliphatic carbocycles. The number of urea groups is 1. The lowest BCUT2D eigenvalue weighted by atomic mass is 9.95. The van der Waals surface area contributed by atoms with Crippen molar-refractivity contribution < 1.29 is 14.4 Å². The van der Waals surface area contributed by atoms with Gasteiger partial charge in [0.2, 0.25) is 11.8 Å². The monoisotopic (exact) mass is 415 g/mol. The molecule has 2 heterocycles. The summed E-state index contributed by atoms with van der Waals surface area (Å²) >= 11 is 1.57. The van der Waals surface area contributed by atoms with Crippen molar-refractivity contribution in [2.75, 3.05) is 44.1 Å². The number of anilines is 1. The predicted octanol–water partition coefficient (Wildman–Crippen LogP) is 1.79. The van der Waals surface area contributed by atoms with E-state index in [4.69, 9.17) is 5.26 Å². The van der Waals surface area contributed by atoms with Crippen molar-refractivity contribution in [2.24, 2.45) is 5.92 Å². The van der Waals surface area contributed by atoms with Gasteiger partial charge in [0.25, 0.3) is 0 Å². The van der Waals surface area contributed by atoms with Crippen LogP contribution in [0.25, 0.3) is 0 Å². The Balaban J connectivity index is 1.58. The Bertz CT molecular complexity index is 812. The first-order valence-corrected chi connectivity index (χ1v) is 10.7. The van der Waals surface area contributed by atoms with Crippen LogP contribution in [0.5, 0.6) is 0 Å². The second-order valence-corrected chi connectivity index (χ2v) is 8.44. The molecule has 29 heavy (non-hydrogen) atoms. The Labute approximate surface area is 174 Å². The first-order chi connectivity index (χ1) is 13.9. The maximum Gasteiger partial charge on any atom is 0.319 e. The average molecular weight is 416 g/mol. The second kappa shape index (κ2) is 9.18. The molecule has 9 heteroatoms. The maximum absolute atomic E-state index is 13.0. The molecule has 0 aromatic heterocycles. The molecule has 0 saturated carbocycles. The van der Waals surface area contributed by atoms with Gasteiger partial charge in [-0.05, 0) is 37.1 Å². The number of benzene rings is 1. The van der Waals surface area contributed by atoms with Crippen molar-refractivity contribution in [3.05, 3.63) is 29.8 Å². The maximum atomic E-state index is 13.0. The highest BCUT2D eigenvalue weighted by molar-refractivity contribution is 7.99. The smallest absolute Gasteiger partial charge is 0.319 e. The van der Waals surface area contributed by atoms with Crippen molar-refractivity contribution in [3.63, 3.8) is 0 Å². The molecule has 3 rings (SSSR count). The van der Waals surface area contributed by atoms with Gasteiger partial charge in [-0.25, -0.2) is 4.79 Å². The van der Waals surface area contributed by atoms with Crippen LogP contribution in [0.4, 0.5) is 10.5 Å². The first kappa shape index (κ1) is 21.0. The zero-order valence-electron chi connectivity index (χ0n) is 16.6. The van der Waals surface area contributed by atoms with Crippen LogP contribution < -0.4 is 5.32 Å². The van der Waals surface area contributed by atoms with E-state index in [0.29, 0.717) is 48.8 Å². The fraction of sp³-hybridized carbons (Fsp3) is 0.500. The Morgan fingerprint density at radius 1 is 1.17 bits per heavy atom. The number of hydrogen-bond acceptors (Lipinski definition) is 5. The number of likely N-dealkylation sites (tertiary alicyclic amines) is 1. The largest absolute Gasteiger partial charge is 0.331 e. The molecular formula is C20H25N5O3S. The third-order valence-electron chi connectivity index (χ3n) is 5.25. The highest BCUT2D eigenvalue weighted by Crippen LogP contribution is 2.28. The standard InChI is InChI=1S/C20H25N5O3S/c1-23(2)20(28)24-9-7-15(8-10-24)19(27)25-13-29-12-17(25)18(26)22-16-5-3-14(11-21)4-6-16/h3-6,15,17H,7-10,12-13H2,1-2H3,(H,22,26). The molecule has 2 saturated heterocycles. The van der Waals surface area contributed by atoms with E-state index in [1.807, 2.05) is 6.07 Å². The van der Waals surface area contributed by atoms with Gasteiger partial charge in [0.1, 0.15) is 6.04 Å². The summed E-state index contributed by atoms with van der Waals surface area (Å²) in [5, 5.41) is 11.7. The summed E-state index contributed by atoms with van der Waals surface area (Å²) in [5.41, 5.74) is 1.13. The van der Waals surface area contributed by atoms with E-state index in [2.05, 4.69) is 5.32 Å². The van der Waals surface area contributed by atoms with Crippen molar-refractivity contribution >= 4 is 35.3 Å². The summed E-state index contributed by atoms with van der Waals surface area (Å²) in [4.78, 5) is 42.8. The van der Waals surface area contributed by atoms with Gasteiger partial charge < -0.3 is 20.0 Å². The Morgan fingerprint density at radius 3 is 2.41 bits per heavy atom. The van der Waals surface area contributed by atoms with E-state index < -0.39 is 6.04 Å². The normalized spacial score (nSPS) is 19.6. The molecular weight excluding hydrogens is 390 g/mol. The SMILES string of the molecule is CN(C)C(=O)N1CCC(C(=O)N2CSCC2C(=O)Nc2ccc(C#N)cc2)CC1. The van der Waals surface area contributed by atoms with E-state index in [-0.39, 0.29) is 23.8 Å². The van der Waals surface area contributed by atoms with Gasteiger partial charge >= 0.3 is 6.03 Å². The molecule has 1 unspecified atom stereocenters. The van der Waals surface area contributed by atoms with Gasteiger partial charge in [0.15, 0.2) is 0 Å². The van der Waals surface area contributed by atoms with Crippen LogP contribution in [0, 0.1) is 17.2 Å². The molecule has 0 bridgehead atoms. The minimum Gasteiger partial charge on any atom is -0.331 e. The molecule has 4 amide bonds. The number of thioether (sulfide) groups is 1. The molecule has 1 N–H and O–H groups in total. The van der Waals surface area contributed by atoms with Crippen molar-refractivity contribution in [3.8, 4) is 6.07 Å². The fourth-order valence-corrected chi connectivity index (χ4v) is 4.73. The van der Waals surface area contributed by atoms with Crippen molar-refractivity contribution in [1.29, 1.82) is 5.26 Å². The zero-order valence-corrected chi connectivity index (χ0v) is 17.4. The summed E-state index contributed by atoms with van der Waals surface area (Å²) in [6.45, 7) is 1.10. The number of piperidine rings is 1. The Morgan fingerprint density at radius 2 is 1.83 bits per heavy atom. The molecule has 2 aliphatic heterocycles.